The zero-order valence-electron chi connectivity index (χ0n) is 14.4. The number of carboxylic acid groups (broad SMARTS) is 1. The van der Waals surface area contributed by atoms with Gasteiger partial charge >= 0.3 is 0 Å². The summed E-state index contributed by atoms with van der Waals surface area (Å²) in [6.07, 6.45) is 1.80. The first-order chi connectivity index (χ1) is 12.1. The summed E-state index contributed by atoms with van der Waals surface area (Å²) in [7, 11) is 0. The Morgan fingerprint density at radius 2 is 1.76 bits per heavy atom. The van der Waals surface area contributed by atoms with Gasteiger partial charge in [0.25, 0.3) is 6.47 Å². The number of aromatic nitrogens is 2. The van der Waals surface area contributed by atoms with E-state index in [1.807, 2.05) is 24.3 Å². The van der Waals surface area contributed by atoms with E-state index in [1.54, 1.807) is 6.20 Å². The smallest absolute Gasteiger partial charge is 0.290 e. The maximum Gasteiger partial charge on any atom is 0.290 e. The number of hydrogen-bond acceptors (Lipinski definition) is 6. The zero-order valence-corrected chi connectivity index (χ0v) is 14.4. The van der Waals surface area contributed by atoms with Gasteiger partial charge in [0.15, 0.2) is 5.82 Å². The van der Waals surface area contributed by atoms with Crippen LogP contribution in [0.1, 0.15) is 16.7 Å². The van der Waals surface area contributed by atoms with E-state index in [2.05, 4.69) is 39.9 Å². The van der Waals surface area contributed by atoms with E-state index < -0.39 is 0 Å². The van der Waals surface area contributed by atoms with E-state index in [1.165, 1.54) is 11.1 Å². The Kier molecular flexibility index (Phi) is 6.29. The number of rotatable bonds is 2. The van der Waals surface area contributed by atoms with Crippen LogP contribution < -0.4 is 9.80 Å². The Labute approximate surface area is 147 Å². The summed E-state index contributed by atoms with van der Waals surface area (Å²) in [6.45, 7) is 7.45. The third-order valence-electron chi connectivity index (χ3n) is 4.28. The second-order valence-corrected chi connectivity index (χ2v) is 5.68. The van der Waals surface area contributed by atoms with E-state index in [4.69, 9.17) is 9.90 Å². The van der Waals surface area contributed by atoms with Crippen LogP contribution in [0.25, 0.3) is 0 Å². The molecule has 0 saturated carbocycles. The Morgan fingerprint density at radius 1 is 1.16 bits per heavy atom. The third-order valence-corrected chi connectivity index (χ3v) is 4.28. The molecule has 0 unspecified atom stereocenters. The molecule has 1 fully saturated rings. The maximum absolute atomic E-state index is 9.24. The summed E-state index contributed by atoms with van der Waals surface area (Å²) in [5.41, 5.74) is 4.13. The maximum atomic E-state index is 9.24. The lowest BCUT2D eigenvalue weighted by atomic mass is 10.1. The van der Waals surface area contributed by atoms with E-state index in [-0.39, 0.29) is 6.47 Å². The van der Waals surface area contributed by atoms with E-state index in [0.29, 0.717) is 0 Å². The number of carbonyl (C=O) groups is 1. The molecule has 0 radical (unpaired) electrons. The summed E-state index contributed by atoms with van der Waals surface area (Å²) in [4.78, 5) is 12.9. The van der Waals surface area contributed by atoms with Crippen molar-refractivity contribution in [2.45, 2.75) is 13.8 Å². The Morgan fingerprint density at radius 3 is 2.40 bits per heavy atom. The van der Waals surface area contributed by atoms with Gasteiger partial charge < -0.3 is 14.9 Å². The Balaban J connectivity index is 0.000000701. The van der Waals surface area contributed by atoms with Gasteiger partial charge in [-0.3, -0.25) is 4.79 Å². The molecule has 130 valence electrons. The van der Waals surface area contributed by atoms with Crippen molar-refractivity contribution in [3.63, 3.8) is 0 Å². The molecule has 1 aromatic heterocycles. The fraction of sp³-hybridized carbons (Fsp3) is 0.333. The molecule has 1 saturated heterocycles. The number of piperazine rings is 1. The monoisotopic (exact) mass is 339 g/mol. The van der Waals surface area contributed by atoms with Gasteiger partial charge in [-0.1, -0.05) is 12.1 Å². The molecule has 2 heterocycles. The lowest BCUT2D eigenvalue weighted by Crippen LogP contribution is -2.47. The molecular weight excluding hydrogens is 318 g/mol. The average molecular weight is 339 g/mol. The van der Waals surface area contributed by atoms with Crippen LogP contribution in [-0.4, -0.2) is 48.0 Å². The first-order valence-electron chi connectivity index (χ1n) is 7.98. The van der Waals surface area contributed by atoms with Gasteiger partial charge in [-0.15, -0.1) is 5.10 Å². The molecule has 7 heteroatoms. The number of nitrogens with zero attached hydrogens (tertiary/aromatic N) is 5. The number of nitriles is 1. The van der Waals surface area contributed by atoms with E-state index >= 15 is 0 Å². The van der Waals surface area contributed by atoms with Gasteiger partial charge in [0, 0.05) is 26.2 Å². The highest BCUT2D eigenvalue weighted by molar-refractivity contribution is 5.60. The van der Waals surface area contributed by atoms with Crippen molar-refractivity contribution >= 4 is 18.0 Å². The third kappa shape index (κ3) is 4.23. The fourth-order valence-electron chi connectivity index (χ4n) is 2.82. The topological polar surface area (TPSA) is 93.4 Å². The molecule has 3 rings (SSSR count). The number of para-hydroxylation sites is 1. The summed E-state index contributed by atoms with van der Waals surface area (Å²) in [5, 5.41) is 24.5. The van der Waals surface area contributed by atoms with Crippen LogP contribution >= 0.6 is 0 Å². The number of hydrogen-bond donors (Lipinski definition) is 1. The quantitative estimate of drug-likeness (QED) is 0.836. The highest BCUT2D eigenvalue weighted by Crippen LogP contribution is 2.24. The van der Waals surface area contributed by atoms with Gasteiger partial charge in [-0.05, 0) is 37.1 Å². The van der Waals surface area contributed by atoms with Gasteiger partial charge in [0.05, 0.1) is 17.4 Å². The highest BCUT2D eigenvalue weighted by atomic mass is 16.3. The summed E-state index contributed by atoms with van der Waals surface area (Å²) >= 11 is 0. The minimum absolute atomic E-state index is 0.250. The predicted molar refractivity (Wildman–Crippen MR) is 95.8 cm³/mol. The Hall–Kier alpha value is -3.14. The summed E-state index contributed by atoms with van der Waals surface area (Å²) in [5.74, 6) is 0.980. The summed E-state index contributed by atoms with van der Waals surface area (Å²) in [6, 6.07) is 10.1. The molecule has 7 nitrogen and oxygen atoms in total. The largest absolute Gasteiger partial charge is 0.483 e. The van der Waals surface area contributed by atoms with Crippen molar-refractivity contribution in [2.75, 3.05) is 36.0 Å². The van der Waals surface area contributed by atoms with Crippen molar-refractivity contribution < 1.29 is 9.90 Å². The molecule has 0 bridgehead atoms. The molecule has 0 amide bonds. The van der Waals surface area contributed by atoms with Crippen LogP contribution in [0, 0.1) is 25.2 Å². The first-order valence-corrected chi connectivity index (χ1v) is 7.98. The average Bonchev–Trinajstić information content (AvgIpc) is 2.65. The zero-order chi connectivity index (χ0) is 18.2. The number of aryl methyl sites for hydroxylation is 1. The summed E-state index contributed by atoms with van der Waals surface area (Å²) < 4.78 is 0. The van der Waals surface area contributed by atoms with Crippen molar-refractivity contribution in [2.24, 2.45) is 0 Å². The molecule has 1 N–H and O–H groups in total. The number of anilines is 2. The van der Waals surface area contributed by atoms with Crippen LogP contribution in [-0.2, 0) is 4.79 Å². The molecule has 1 aliphatic heterocycles. The van der Waals surface area contributed by atoms with E-state index in [9.17, 15) is 5.26 Å². The van der Waals surface area contributed by atoms with Gasteiger partial charge in [0.2, 0.25) is 0 Å². The van der Waals surface area contributed by atoms with Gasteiger partial charge in [-0.2, -0.15) is 10.4 Å². The van der Waals surface area contributed by atoms with Crippen molar-refractivity contribution in [3.05, 3.63) is 47.2 Å². The molecular formula is C18H21N5O2. The van der Waals surface area contributed by atoms with Crippen molar-refractivity contribution in [3.8, 4) is 6.07 Å². The van der Waals surface area contributed by atoms with Gasteiger partial charge in [-0.25, -0.2) is 0 Å². The minimum Gasteiger partial charge on any atom is -0.483 e. The van der Waals surface area contributed by atoms with Crippen molar-refractivity contribution in [1.82, 2.24) is 10.2 Å². The normalized spacial score (nSPS) is 13.5. The lowest BCUT2D eigenvalue weighted by Gasteiger charge is -2.37. The SMILES string of the molecule is Cc1cnnc(N2CCN(c3ccccc3C#N)CC2)c1C.O=CO. The molecule has 0 aliphatic carbocycles. The second-order valence-electron chi connectivity index (χ2n) is 5.68. The lowest BCUT2D eigenvalue weighted by molar-refractivity contribution is -0.122. The molecule has 2 aromatic rings. The minimum atomic E-state index is -0.250. The van der Waals surface area contributed by atoms with E-state index in [0.717, 1.165) is 43.2 Å². The standard InChI is InChI=1S/C17H19N5.CH2O2/c1-13-12-19-20-17(14(13)2)22-9-7-21(8-10-22)16-6-4-3-5-15(16)11-18;2-1-3/h3-6,12H,7-10H2,1-2H3;1H,(H,2,3). The Bertz CT molecular complexity index is 764. The number of benzene rings is 1. The van der Waals surface area contributed by atoms with Crippen LogP contribution in [0.4, 0.5) is 11.5 Å². The van der Waals surface area contributed by atoms with Crippen LogP contribution in [0.3, 0.4) is 0 Å². The highest BCUT2D eigenvalue weighted by Gasteiger charge is 2.21. The molecule has 0 atom stereocenters. The molecule has 0 spiro atoms. The molecule has 1 aromatic carbocycles. The molecule has 25 heavy (non-hydrogen) atoms. The van der Waals surface area contributed by atoms with Crippen LogP contribution in [0.2, 0.25) is 0 Å². The van der Waals surface area contributed by atoms with Gasteiger partial charge in [0.1, 0.15) is 6.07 Å². The second kappa shape index (κ2) is 8.64. The van der Waals surface area contributed by atoms with Crippen molar-refractivity contribution in [1.29, 1.82) is 5.26 Å². The predicted octanol–water partition coefficient (Wildman–Crippen LogP) is 1.99. The fourth-order valence-corrected chi connectivity index (χ4v) is 2.82. The first kappa shape index (κ1) is 18.2. The van der Waals surface area contributed by atoms with Crippen LogP contribution in [0.15, 0.2) is 30.5 Å². The van der Waals surface area contributed by atoms with Crippen LogP contribution in [0.5, 0.6) is 0 Å². The molecule has 1 aliphatic rings.